The number of aromatic nitrogens is 1. The molecule has 30 heavy (non-hydrogen) atoms. The quantitative estimate of drug-likeness (QED) is 0.702. The van der Waals surface area contributed by atoms with Gasteiger partial charge >= 0.3 is 5.97 Å². The predicted molar refractivity (Wildman–Crippen MR) is 118 cm³/mol. The average Bonchev–Trinajstić information content (AvgIpc) is 3.10. The number of carbonyl (C=O) groups excluding carboxylic acids is 1. The Bertz CT molecular complexity index is 914. The fourth-order valence-corrected chi connectivity index (χ4v) is 6.09. The van der Waals surface area contributed by atoms with E-state index < -0.39 is 0 Å². The zero-order valence-corrected chi connectivity index (χ0v) is 18.3. The van der Waals surface area contributed by atoms with Gasteiger partial charge in [0.2, 0.25) is 0 Å². The Labute approximate surface area is 179 Å². The van der Waals surface area contributed by atoms with E-state index in [0.717, 1.165) is 52.0 Å². The lowest BCUT2D eigenvalue weighted by Crippen LogP contribution is -2.51. The van der Waals surface area contributed by atoms with E-state index in [-0.39, 0.29) is 11.9 Å². The monoisotopic (exact) mass is 410 g/mol. The van der Waals surface area contributed by atoms with Crippen molar-refractivity contribution in [2.24, 2.45) is 18.9 Å². The van der Waals surface area contributed by atoms with Crippen LogP contribution in [0.4, 0.5) is 0 Å². The van der Waals surface area contributed by atoms with Crippen LogP contribution in [0.2, 0.25) is 0 Å². The van der Waals surface area contributed by atoms with Crippen molar-refractivity contribution in [2.45, 2.75) is 51.0 Å². The van der Waals surface area contributed by atoms with Gasteiger partial charge in [-0.3, -0.25) is 9.69 Å². The van der Waals surface area contributed by atoms with Crippen LogP contribution in [0.25, 0.3) is 10.9 Å². The van der Waals surface area contributed by atoms with Gasteiger partial charge in [0.25, 0.3) is 0 Å². The summed E-state index contributed by atoms with van der Waals surface area (Å²) in [5.41, 5.74) is 4.19. The summed E-state index contributed by atoms with van der Waals surface area (Å²) >= 11 is 0. The van der Waals surface area contributed by atoms with Gasteiger partial charge in [-0.15, -0.1) is 0 Å². The summed E-state index contributed by atoms with van der Waals surface area (Å²) < 4.78 is 13.6. The highest BCUT2D eigenvalue weighted by Gasteiger charge is 2.42. The van der Waals surface area contributed by atoms with Crippen molar-refractivity contribution in [1.82, 2.24) is 9.47 Å². The summed E-state index contributed by atoms with van der Waals surface area (Å²) in [4.78, 5) is 15.5. The number of piperidine rings is 1. The number of aryl methyl sites for hydroxylation is 1. The van der Waals surface area contributed by atoms with Crippen molar-refractivity contribution in [1.29, 1.82) is 0 Å². The van der Waals surface area contributed by atoms with Crippen LogP contribution >= 0.6 is 0 Å². The van der Waals surface area contributed by atoms with Gasteiger partial charge in [0.15, 0.2) is 0 Å². The van der Waals surface area contributed by atoms with Gasteiger partial charge in [-0.1, -0.05) is 19.1 Å². The molecule has 162 valence electrons. The number of benzene rings is 1. The van der Waals surface area contributed by atoms with Gasteiger partial charge in [-0.25, -0.2) is 0 Å². The van der Waals surface area contributed by atoms with Crippen molar-refractivity contribution in [3.8, 4) is 0 Å². The molecule has 5 nitrogen and oxygen atoms in total. The molecule has 1 aromatic carbocycles. The maximum Gasteiger partial charge on any atom is 0.310 e. The molecule has 2 fully saturated rings. The molecule has 0 N–H and O–H groups in total. The summed E-state index contributed by atoms with van der Waals surface area (Å²) in [6.45, 7) is 6.24. The second-order valence-electron chi connectivity index (χ2n) is 9.44. The van der Waals surface area contributed by atoms with E-state index in [1.807, 2.05) is 0 Å². The number of ether oxygens (including phenoxy) is 2. The number of rotatable bonds is 5. The summed E-state index contributed by atoms with van der Waals surface area (Å²) in [6.07, 6.45) is 7.53. The van der Waals surface area contributed by atoms with Crippen LogP contribution < -0.4 is 0 Å². The SMILES string of the molecule is CCN1C[C@H](C(=O)OCCC2CCCOC2)C[C@@H]2c3cccc4c3c(cn4C)C[C@H]21. The molecule has 2 aromatic rings. The Kier molecular flexibility index (Phi) is 5.59. The Morgan fingerprint density at radius 3 is 3.03 bits per heavy atom. The topological polar surface area (TPSA) is 43.7 Å². The maximum atomic E-state index is 13.0. The fourth-order valence-electron chi connectivity index (χ4n) is 6.09. The second kappa shape index (κ2) is 8.35. The van der Waals surface area contributed by atoms with Crippen LogP contribution in [0.1, 0.15) is 49.7 Å². The van der Waals surface area contributed by atoms with Crippen molar-refractivity contribution in [2.75, 3.05) is 32.9 Å². The minimum absolute atomic E-state index is 0.00494. The number of carbonyl (C=O) groups is 1. The Morgan fingerprint density at radius 1 is 1.33 bits per heavy atom. The number of fused-ring (bicyclic) bond motifs is 2. The van der Waals surface area contributed by atoms with E-state index in [4.69, 9.17) is 9.47 Å². The molecule has 1 aromatic heterocycles. The van der Waals surface area contributed by atoms with Crippen LogP contribution in [-0.4, -0.2) is 54.4 Å². The van der Waals surface area contributed by atoms with Crippen molar-refractivity contribution >= 4 is 16.9 Å². The van der Waals surface area contributed by atoms with Gasteiger partial charge in [0.05, 0.1) is 12.5 Å². The highest BCUT2D eigenvalue weighted by atomic mass is 16.5. The zero-order chi connectivity index (χ0) is 20.7. The first kappa shape index (κ1) is 20.1. The van der Waals surface area contributed by atoms with E-state index in [9.17, 15) is 4.79 Å². The van der Waals surface area contributed by atoms with Crippen LogP contribution in [0.15, 0.2) is 24.4 Å². The Balaban J connectivity index is 1.31. The van der Waals surface area contributed by atoms with Crippen LogP contribution in [0.3, 0.4) is 0 Å². The van der Waals surface area contributed by atoms with E-state index in [1.165, 1.54) is 28.5 Å². The number of hydrogen-bond donors (Lipinski definition) is 0. The van der Waals surface area contributed by atoms with Crippen LogP contribution in [0, 0.1) is 11.8 Å². The van der Waals surface area contributed by atoms with Gasteiger partial charge in [-0.2, -0.15) is 0 Å². The van der Waals surface area contributed by atoms with Gasteiger partial charge in [-0.05, 0) is 61.8 Å². The molecule has 5 rings (SSSR count). The first-order valence-electron chi connectivity index (χ1n) is 11.7. The van der Waals surface area contributed by atoms with Crippen molar-refractivity contribution in [3.05, 3.63) is 35.5 Å². The molecule has 3 heterocycles. The first-order chi connectivity index (χ1) is 14.7. The molecule has 0 saturated carbocycles. The lowest BCUT2D eigenvalue weighted by molar-refractivity contribution is -0.152. The molecule has 2 saturated heterocycles. The van der Waals surface area contributed by atoms with E-state index >= 15 is 0 Å². The minimum atomic E-state index is -0.0330. The van der Waals surface area contributed by atoms with Crippen molar-refractivity contribution < 1.29 is 14.3 Å². The van der Waals surface area contributed by atoms with Crippen molar-refractivity contribution in [3.63, 3.8) is 0 Å². The molecule has 3 aliphatic rings. The zero-order valence-electron chi connectivity index (χ0n) is 18.3. The highest BCUT2D eigenvalue weighted by Crippen LogP contribution is 2.45. The Morgan fingerprint density at radius 2 is 2.23 bits per heavy atom. The largest absolute Gasteiger partial charge is 0.465 e. The van der Waals surface area contributed by atoms with Crippen LogP contribution in [0.5, 0.6) is 0 Å². The van der Waals surface area contributed by atoms with Crippen LogP contribution in [-0.2, 0) is 27.7 Å². The first-order valence-corrected chi connectivity index (χ1v) is 11.7. The highest BCUT2D eigenvalue weighted by molar-refractivity contribution is 5.89. The number of nitrogens with zero attached hydrogens (tertiary/aromatic N) is 2. The van der Waals surface area contributed by atoms with Gasteiger partial charge in [0, 0.05) is 55.9 Å². The number of likely N-dealkylation sites (tertiary alicyclic amines) is 1. The maximum absolute atomic E-state index is 13.0. The van der Waals surface area contributed by atoms with Gasteiger partial charge in [0.1, 0.15) is 0 Å². The molecule has 0 spiro atoms. The number of likely N-dealkylation sites (N-methyl/N-ethyl adjacent to an activating group) is 1. The number of hydrogen-bond acceptors (Lipinski definition) is 4. The third kappa shape index (κ3) is 3.56. The summed E-state index contributed by atoms with van der Waals surface area (Å²) in [5.74, 6) is 0.910. The average molecular weight is 411 g/mol. The van der Waals surface area contributed by atoms with E-state index in [0.29, 0.717) is 24.5 Å². The predicted octanol–water partition coefficient (Wildman–Crippen LogP) is 3.89. The van der Waals surface area contributed by atoms with E-state index in [2.05, 4.69) is 47.8 Å². The van der Waals surface area contributed by atoms with Gasteiger partial charge < -0.3 is 14.0 Å². The molecule has 4 atom stereocenters. The molecule has 1 aliphatic carbocycles. The standard InChI is InChI=1S/C25H34N2O3/c1-3-27-15-19(25(28)30-11-9-17-6-5-10-29-16-17)12-21-20-7-4-8-22-24(20)18(13-23(21)27)14-26(22)2/h4,7-8,14,17,19,21,23H,3,5-6,9-13,15-16H2,1-2H3/t17?,19-,21-,23-/m1/s1. The molecule has 2 aliphatic heterocycles. The molecule has 0 radical (unpaired) electrons. The smallest absolute Gasteiger partial charge is 0.310 e. The molecular weight excluding hydrogens is 376 g/mol. The lowest BCUT2D eigenvalue weighted by atomic mass is 9.72. The second-order valence-corrected chi connectivity index (χ2v) is 9.44. The summed E-state index contributed by atoms with van der Waals surface area (Å²) in [7, 11) is 2.14. The third-order valence-electron chi connectivity index (χ3n) is 7.65. The molecule has 1 unspecified atom stereocenters. The fraction of sp³-hybridized carbons (Fsp3) is 0.640. The molecular formula is C25H34N2O3. The third-order valence-corrected chi connectivity index (χ3v) is 7.65. The normalized spacial score (nSPS) is 29.0. The summed E-state index contributed by atoms with van der Waals surface area (Å²) in [5, 5.41) is 1.42. The Hall–Kier alpha value is -1.85. The number of esters is 1. The minimum Gasteiger partial charge on any atom is -0.465 e. The molecule has 0 amide bonds. The lowest BCUT2D eigenvalue weighted by Gasteiger charge is -2.46. The summed E-state index contributed by atoms with van der Waals surface area (Å²) in [6, 6.07) is 7.16. The molecule has 5 heteroatoms. The van der Waals surface area contributed by atoms with E-state index in [1.54, 1.807) is 0 Å². The molecule has 0 bridgehead atoms.